The predicted octanol–water partition coefficient (Wildman–Crippen LogP) is 4.50. The van der Waals surface area contributed by atoms with E-state index >= 15 is 0 Å². The highest BCUT2D eigenvalue weighted by Gasteiger charge is 2.15. The van der Waals surface area contributed by atoms with E-state index in [-0.39, 0.29) is 5.78 Å². The van der Waals surface area contributed by atoms with E-state index in [1.165, 1.54) is 0 Å². The minimum Gasteiger partial charge on any atom is -0.493 e. The molecule has 0 aromatic heterocycles. The summed E-state index contributed by atoms with van der Waals surface area (Å²) in [5, 5.41) is 0. The van der Waals surface area contributed by atoms with Gasteiger partial charge in [0.25, 0.3) is 0 Å². The maximum atomic E-state index is 12.4. The zero-order valence-corrected chi connectivity index (χ0v) is 15.4. The van der Waals surface area contributed by atoms with Crippen molar-refractivity contribution in [2.45, 2.75) is 6.42 Å². The second-order valence-electron chi connectivity index (χ2n) is 4.38. The molecule has 0 aliphatic carbocycles. The number of carbonyl (C=O) groups excluding carboxylic acids is 1. The first kappa shape index (κ1) is 16.3. The van der Waals surface area contributed by atoms with E-state index in [0.29, 0.717) is 17.9 Å². The van der Waals surface area contributed by atoms with Crippen LogP contribution in [-0.2, 0) is 6.42 Å². The largest absolute Gasteiger partial charge is 0.493 e. The van der Waals surface area contributed by atoms with Gasteiger partial charge in [-0.3, -0.25) is 4.79 Å². The molecule has 0 radical (unpaired) electrons. The van der Waals surface area contributed by atoms with E-state index < -0.39 is 0 Å². The highest BCUT2D eigenvalue weighted by atomic mass is 127. The molecule has 0 saturated carbocycles. The van der Waals surface area contributed by atoms with Crippen LogP contribution >= 0.6 is 38.5 Å². The highest BCUT2D eigenvalue weighted by molar-refractivity contribution is 14.1. The molecule has 110 valence electrons. The van der Waals surface area contributed by atoms with Gasteiger partial charge in [-0.1, -0.05) is 34.1 Å². The van der Waals surface area contributed by atoms with Gasteiger partial charge in [-0.2, -0.15) is 0 Å². The number of methoxy groups -OCH3 is 2. The van der Waals surface area contributed by atoms with Gasteiger partial charge in [-0.15, -0.1) is 0 Å². The number of ketones is 1. The smallest absolute Gasteiger partial charge is 0.168 e. The molecule has 0 heterocycles. The lowest BCUT2D eigenvalue weighted by atomic mass is 10.0. The average molecular weight is 461 g/mol. The molecule has 0 saturated heterocycles. The van der Waals surface area contributed by atoms with Gasteiger partial charge in [0.05, 0.1) is 14.2 Å². The van der Waals surface area contributed by atoms with Gasteiger partial charge in [0, 0.05) is 20.0 Å². The Morgan fingerprint density at radius 1 is 1.14 bits per heavy atom. The fourth-order valence-electron chi connectivity index (χ4n) is 1.99. The number of ether oxygens (including phenoxy) is 2. The molecule has 5 heteroatoms. The minimum absolute atomic E-state index is 0.0768. The van der Waals surface area contributed by atoms with Crippen molar-refractivity contribution in [1.82, 2.24) is 0 Å². The molecule has 21 heavy (non-hydrogen) atoms. The topological polar surface area (TPSA) is 35.5 Å². The SMILES string of the molecule is COc1cc(Br)c(CC(=O)c2ccccc2I)cc1OC. The zero-order chi connectivity index (χ0) is 15.4. The fourth-order valence-corrected chi connectivity index (χ4v) is 3.14. The lowest BCUT2D eigenvalue weighted by molar-refractivity contribution is 0.0992. The number of rotatable bonds is 5. The summed E-state index contributed by atoms with van der Waals surface area (Å²) >= 11 is 5.66. The van der Waals surface area contributed by atoms with E-state index in [0.717, 1.165) is 19.2 Å². The van der Waals surface area contributed by atoms with E-state index in [1.54, 1.807) is 14.2 Å². The number of halogens is 2. The van der Waals surface area contributed by atoms with Crippen LogP contribution in [-0.4, -0.2) is 20.0 Å². The van der Waals surface area contributed by atoms with Crippen molar-refractivity contribution in [3.63, 3.8) is 0 Å². The Labute approximate surface area is 145 Å². The molecule has 0 fully saturated rings. The first-order valence-corrected chi connectivity index (χ1v) is 8.12. The van der Waals surface area contributed by atoms with Crippen LogP contribution in [0, 0.1) is 3.57 Å². The second kappa shape index (κ2) is 7.26. The maximum absolute atomic E-state index is 12.4. The summed E-state index contributed by atoms with van der Waals surface area (Å²) in [7, 11) is 3.17. The van der Waals surface area contributed by atoms with Crippen LogP contribution in [0.5, 0.6) is 11.5 Å². The van der Waals surface area contributed by atoms with Gasteiger partial charge < -0.3 is 9.47 Å². The van der Waals surface area contributed by atoms with Gasteiger partial charge in [0.2, 0.25) is 0 Å². The number of hydrogen-bond acceptors (Lipinski definition) is 3. The fraction of sp³-hybridized carbons (Fsp3) is 0.188. The van der Waals surface area contributed by atoms with Crippen LogP contribution in [0.25, 0.3) is 0 Å². The van der Waals surface area contributed by atoms with Crippen molar-refractivity contribution in [2.24, 2.45) is 0 Å². The van der Waals surface area contributed by atoms with Gasteiger partial charge >= 0.3 is 0 Å². The van der Waals surface area contributed by atoms with Crippen molar-refractivity contribution in [2.75, 3.05) is 14.2 Å². The molecule has 2 aromatic rings. The number of Topliss-reactive ketones (excluding diaryl/α,β-unsaturated/α-hetero) is 1. The molecule has 0 N–H and O–H groups in total. The molecule has 0 spiro atoms. The lowest BCUT2D eigenvalue weighted by Crippen LogP contribution is -2.06. The van der Waals surface area contributed by atoms with Crippen molar-refractivity contribution in [1.29, 1.82) is 0 Å². The van der Waals surface area contributed by atoms with Crippen LogP contribution in [0.15, 0.2) is 40.9 Å². The van der Waals surface area contributed by atoms with Gasteiger partial charge in [-0.05, 0) is 46.4 Å². The van der Waals surface area contributed by atoms with Gasteiger partial charge in [0.15, 0.2) is 17.3 Å². The Bertz CT molecular complexity index is 671. The van der Waals surface area contributed by atoms with Crippen molar-refractivity contribution in [3.05, 3.63) is 55.6 Å². The lowest BCUT2D eigenvalue weighted by Gasteiger charge is -2.12. The van der Waals surface area contributed by atoms with E-state index in [9.17, 15) is 4.79 Å². The molecule has 3 nitrogen and oxygen atoms in total. The third kappa shape index (κ3) is 3.77. The quantitative estimate of drug-likeness (QED) is 0.487. The third-order valence-electron chi connectivity index (χ3n) is 3.08. The van der Waals surface area contributed by atoms with E-state index in [2.05, 4.69) is 38.5 Å². The second-order valence-corrected chi connectivity index (χ2v) is 6.39. The minimum atomic E-state index is 0.0768. The van der Waals surface area contributed by atoms with Gasteiger partial charge in [0.1, 0.15) is 0 Å². The molecule has 0 aliphatic rings. The van der Waals surface area contributed by atoms with Crippen molar-refractivity contribution < 1.29 is 14.3 Å². The molecular weight excluding hydrogens is 447 g/mol. The van der Waals surface area contributed by atoms with Crippen molar-refractivity contribution >= 4 is 44.3 Å². The Morgan fingerprint density at radius 2 is 1.76 bits per heavy atom. The highest BCUT2D eigenvalue weighted by Crippen LogP contribution is 2.34. The molecule has 0 bridgehead atoms. The van der Waals surface area contributed by atoms with Crippen molar-refractivity contribution in [3.8, 4) is 11.5 Å². The zero-order valence-electron chi connectivity index (χ0n) is 11.7. The van der Waals surface area contributed by atoms with Crippen LogP contribution in [0.1, 0.15) is 15.9 Å². The van der Waals surface area contributed by atoms with Crippen LogP contribution < -0.4 is 9.47 Å². The van der Waals surface area contributed by atoms with Gasteiger partial charge in [-0.25, -0.2) is 0 Å². The molecule has 0 aliphatic heterocycles. The summed E-state index contributed by atoms with van der Waals surface area (Å²) in [5.41, 5.74) is 1.61. The summed E-state index contributed by atoms with van der Waals surface area (Å²) in [6, 6.07) is 11.2. The molecule has 0 amide bonds. The van der Waals surface area contributed by atoms with E-state index in [1.807, 2.05) is 36.4 Å². The number of benzene rings is 2. The van der Waals surface area contributed by atoms with Crippen LogP contribution in [0.4, 0.5) is 0 Å². The Balaban J connectivity index is 2.31. The standard InChI is InChI=1S/C16H14BrIO3/c1-20-15-8-10(12(17)9-16(15)21-2)7-14(19)11-5-3-4-6-13(11)18/h3-6,8-9H,7H2,1-2H3. The summed E-state index contributed by atoms with van der Waals surface area (Å²) in [4.78, 5) is 12.4. The number of hydrogen-bond donors (Lipinski definition) is 0. The summed E-state index contributed by atoms with van der Waals surface area (Å²) in [6.07, 6.45) is 0.307. The monoisotopic (exact) mass is 460 g/mol. The summed E-state index contributed by atoms with van der Waals surface area (Å²) < 4.78 is 12.3. The number of carbonyl (C=O) groups is 1. The Hall–Kier alpha value is -1.08. The Morgan fingerprint density at radius 3 is 2.38 bits per heavy atom. The average Bonchev–Trinajstić information content (AvgIpc) is 2.49. The van der Waals surface area contributed by atoms with Crippen LogP contribution in [0.3, 0.4) is 0 Å². The normalized spacial score (nSPS) is 10.3. The molecule has 2 aromatic carbocycles. The van der Waals surface area contributed by atoms with Crippen LogP contribution in [0.2, 0.25) is 0 Å². The van der Waals surface area contributed by atoms with E-state index in [4.69, 9.17) is 9.47 Å². The summed E-state index contributed by atoms with van der Waals surface area (Å²) in [5.74, 6) is 1.33. The Kier molecular flexibility index (Phi) is 5.64. The molecule has 0 atom stereocenters. The molecular formula is C16H14BrIO3. The third-order valence-corrected chi connectivity index (χ3v) is 4.76. The first-order valence-electron chi connectivity index (χ1n) is 6.25. The molecule has 0 unspecified atom stereocenters. The summed E-state index contributed by atoms with van der Waals surface area (Å²) in [6.45, 7) is 0. The predicted molar refractivity (Wildman–Crippen MR) is 94.4 cm³/mol. The molecule has 2 rings (SSSR count). The maximum Gasteiger partial charge on any atom is 0.168 e. The first-order chi connectivity index (χ1) is 10.1.